The number of esters is 2. The second kappa shape index (κ2) is 12.5. The Labute approximate surface area is 242 Å². The molecule has 3 aromatic rings. The fraction of sp³-hybridized carbons (Fsp3) is 0.412. The van der Waals surface area contributed by atoms with E-state index in [0.717, 1.165) is 42.5 Å². The summed E-state index contributed by atoms with van der Waals surface area (Å²) in [5, 5.41) is 11.8. The Balaban J connectivity index is 1.25. The van der Waals surface area contributed by atoms with Gasteiger partial charge in [-0.25, -0.2) is 4.79 Å². The van der Waals surface area contributed by atoms with Crippen molar-refractivity contribution in [1.82, 2.24) is 0 Å². The van der Waals surface area contributed by atoms with Gasteiger partial charge in [0, 0.05) is 31.2 Å². The molecule has 4 atom stereocenters. The minimum Gasteiger partial charge on any atom is -0.493 e. The molecule has 0 saturated carbocycles. The average Bonchev–Trinajstić information content (AvgIpc) is 3.12. The first kappa shape index (κ1) is 28.8. The van der Waals surface area contributed by atoms with Crippen LogP contribution in [0.3, 0.4) is 0 Å². The van der Waals surface area contributed by atoms with E-state index in [9.17, 15) is 14.7 Å². The first-order valence-electron chi connectivity index (χ1n) is 14.6. The molecule has 7 heteroatoms. The molecule has 41 heavy (non-hydrogen) atoms. The van der Waals surface area contributed by atoms with Gasteiger partial charge in [-0.2, -0.15) is 0 Å². The van der Waals surface area contributed by atoms with E-state index in [4.69, 9.17) is 14.2 Å². The van der Waals surface area contributed by atoms with E-state index in [1.54, 1.807) is 31.2 Å². The van der Waals surface area contributed by atoms with E-state index in [2.05, 4.69) is 19.2 Å². The fourth-order valence-corrected chi connectivity index (χ4v) is 6.66. The maximum absolute atomic E-state index is 13.7. The van der Waals surface area contributed by atoms with E-state index in [1.807, 2.05) is 48.5 Å². The van der Waals surface area contributed by atoms with Crippen LogP contribution in [-0.4, -0.2) is 60.0 Å². The molecule has 0 spiro atoms. The number of aliphatic hydroxyl groups is 1. The Bertz CT molecular complexity index is 1270. The van der Waals surface area contributed by atoms with Gasteiger partial charge in [0.15, 0.2) is 0 Å². The smallest absolute Gasteiger partial charge is 0.347 e. The molecule has 2 heterocycles. The summed E-state index contributed by atoms with van der Waals surface area (Å²) in [6.45, 7) is 3.29. The monoisotopic (exact) mass is 558 g/mol. The molecule has 0 aliphatic carbocycles. The van der Waals surface area contributed by atoms with Gasteiger partial charge < -0.3 is 23.8 Å². The maximum Gasteiger partial charge on any atom is 0.347 e. The molecule has 2 fully saturated rings. The van der Waals surface area contributed by atoms with Crippen molar-refractivity contribution in [3.05, 3.63) is 102 Å². The number of ether oxygens (including phenoxy) is 3. The molecule has 2 bridgehead atoms. The quantitative estimate of drug-likeness (QED) is 0.259. The standard InChI is InChI=1S/C34H40NO6/c1-3-39-32(36)19-20-40-30-16-10-11-25(21-30)24-35(2)28-17-18-29(35)23-31(22-28)41-33(37)34(38,26-12-6-4-7-13-26)27-14-8-5-9-15-27/h4-16,21,28-29,31,38H,3,17-20,22-24H2,1-2H3/q+1/t28-,29+,31?,35?. The molecule has 5 rings (SSSR count). The normalized spacial score (nSPS) is 23.5. The van der Waals surface area contributed by atoms with Crippen LogP contribution in [0, 0.1) is 0 Å². The lowest BCUT2D eigenvalue weighted by Crippen LogP contribution is -2.58. The Hall–Kier alpha value is -3.68. The van der Waals surface area contributed by atoms with Crippen LogP contribution >= 0.6 is 0 Å². The lowest BCUT2D eigenvalue weighted by Gasteiger charge is -2.47. The minimum absolute atomic E-state index is 0.222. The maximum atomic E-state index is 13.7. The van der Waals surface area contributed by atoms with Crippen LogP contribution in [0.4, 0.5) is 0 Å². The highest BCUT2D eigenvalue weighted by Crippen LogP contribution is 2.44. The van der Waals surface area contributed by atoms with Crippen molar-refractivity contribution in [2.75, 3.05) is 20.3 Å². The van der Waals surface area contributed by atoms with Gasteiger partial charge in [0.2, 0.25) is 5.60 Å². The number of piperidine rings is 1. The molecule has 3 aromatic carbocycles. The van der Waals surface area contributed by atoms with Crippen LogP contribution in [0.2, 0.25) is 0 Å². The lowest BCUT2D eigenvalue weighted by molar-refractivity contribution is -0.961. The van der Waals surface area contributed by atoms with Crippen molar-refractivity contribution in [3.63, 3.8) is 0 Å². The van der Waals surface area contributed by atoms with Gasteiger partial charge in [-0.3, -0.25) is 4.79 Å². The van der Waals surface area contributed by atoms with Crippen molar-refractivity contribution in [3.8, 4) is 5.75 Å². The highest BCUT2D eigenvalue weighted by atomic mass is 16.6. The first-order chi connectivity index (χ1) is 19.8. The summed E-state index contributed by atoms with van der Waals surface area (Å²) in [5.74, 6) is -0.133. The van der Waals surface area contributed by atoms with Crippen molar-refractivity contribution in [2.24, 2.45) is 0 Å². The summed E-state index contributed by atoms with van der Waals surface area (Å²) >= 11 is 0. The summed E-state index contributed by atoms with van der Waals surface area (Å²) in [6, 6.07) is 26.8. The highest BCUT2D eigenvalue weighted by Gasteiger charge is 2.53. The number of carbonyl (C=O) groups excluding carboxylic acids is 2. The van der Waals surface area contributed by atoms with Crippen LogP contribution in [0.5, 0.6) is 5.75 Å². The summed E-state index contributed by atoms with van der Waals surface area (Å²) in [4.78, 5) is 25.3. The van der Waals surface area contributed by atoms with Gasteiger partial charge in [0.25, 0.3) is 0 Å². The zero-order valence-electron chi connectivity index (χ0n) is 23.9. The molecule has 2 unspecified atom stereocenters. The van der Waals surface area contributed by atoms with Gasteiger partial charge in [0.1, 0.15) is 18.4 Å². The number of rotatable bonds is 11. The second-order valence-electron chi connectivity index (χ2n) is 11.4. The highest BCUT2D eigenvalue weighted by molar-refractivity contribution is 5.85. The zero-order chi connectivity index (χ0) is 28.9. The predicted octanol–water partition coefficient (Wildman–Crippen LogP) is 5.14. The van der Waals surface area contributed by atoms with Crippen LogP contribution in [-0.2, 0) is 31.2 Å². The second-order valence-corrected chi connectivity index (χ2v) is 11.4. The molecule has 2 saturated heterocycles. The van der Waals surface area contributed by atoms with Crippen molar-refractivity contribution < 1.29 is 33.4 Å². The fourth-order valence-electron chi connectivity index (χ4n) is 6.66. The van der Waals surface area contributed by atoms with Crippen molar-refractivity contribution in [1.29, 1.82) is 0 Å². The van der Waals surface area contributed by atoms with Gasteiger partial charge in [0.05, 0.1) is 38.8 Å². The molecule has 216 valence electrons. The SMILES string of the molecule is CCOC(=O)CCOc1cccc(C[N+]2(C)[C@@H]3CC[C@H]2CC(OC(=O)C(O)(c2ccccc2)c2ccccc2)C3)c1. The van der Waals surface area contributed by atoms with Crippen LogP contribution in [0.15, 0.2) is 84.9 Å². The zero-order valence-corrected chi connectivity index (χ0v) is 23.9. The van der Waals surface area contributed by atoms with Gasteiger partial charge in [-0.1, -0.05) is 72.8 Å². The van der Waals surface area contributed by atoms with Crippen molar-refractivity contribution >= 4 is 11.9 Å². The molecule has 0 amide bonds. The van der Waals surface area contributed by atoms with Crippen molar-refractivity contribution in [2.45, 2.75) is 69.4 Å². The van der Waals surface area contributed by atoms with E-state index < -0.39 is 11.6 Å². The van der Waals surface area contributed by atoms with Gasteiger partial charge in [-0.15, -0.1) is 0 Å². The average molecular weight is 559 g/mol. The molecule has 1 N–H and O–H groups in total. The number of nitrogens with zero attached hydrogens (tertiary/aromatic N) is 1. The number of fused-ring (bicyclic) bond motifs is 2. The predicted molar refractivity (Wildman–Crippen MR) is 155 cm³/mol. The molecular weight excluding hydrogens is 518 g/mol. The molecule has 0 aromatic heterocycles. The van der Waals surface area contributed by atoms with Gasteiger partial charge in [-0.05, 0) is 30.2 Å². The molecule has 0 radical (unpaired) electrons. The van der Waals surface area contributed by atoms with E-state index >= 15 is 0 Å². The summed E-state index contributed by atoms with van der Waals surface area (Å²) < 4.78 is 17.8. The number of hydrogen-bond donors (Lipinski definition) is 1. The Morgan fingerprint density at radius 1 is 0.902 bits per heavy atom. The number of quaternary nitrogens is 1. The van der Waals surface area contributed by atoms with E-state index in [0.29, 0.717) is 29.8 Å². The third-order valence-electron chi connectivity index (χ3n) is 8.83. The Morgan fingerprint density at radius 2 is 1.51 bits per heavy atom. The largest absolute Gasteiger partial charge is 0.493 e. The number of benzene rings is 3. The van der Waals surface area contributed by atoms with E-state index in [-0.39, 0.29) is 25.1 Å². The third kappa shape index (κ3) is 6.16. The van der Waals surface area contributed by atoms with Crippen LogP contribution < -0.4 is 4.74 Å². The molecule has 2 aliphatic heterocycles. The van der Waals surface area contributed by atoms with Gasteiger partial charge >= 0.3 is 11.9 Å². The Kier molecular flexibility index (Phi) is 8.76. The van der Waals surface area contributed by atoms with Crippen LogP contribution in [0.1, 0.15) is 55.7 Å². The topological polar surface area (TPSA) is 82.1 Å². The molecule has 2 aliphatic rings. The number of hydrogen-bond acceptors (Lipinski definition) is 6. The minimum atomic E-state index is -1.87. The molecule has 7 nitrogen and oxygen atoms in total. The Morgan fingerprint density at radius 3 is 2.10 bits per heavy atom. The first-order valence-corrected chi connectivity index (χ1v) is 14.6. The third-order valence-corrected chi connectivity index (χ3v) is 8.83. The summed E-state index contributed by atoms with van der Waals surface area (Å²) in [6.07, 6.45) is 3.64. The summed E-state index contributed by atoms with van der Waals surface area (Å²) in [7, 11) is 2.30. The lowest BCUT2D eigenvalue weighted by atomic mass is 9.86. The van der Waals surface area contributed by atoms with Crippen LogP contribution in [0.25, 0.3) is 0 Å². The van der Waals surface area contributed by atoms with E-state index in [1.165, 1.54) is 5.56 Å². The summed E-state index contributed by atoms with van der Waals surface area (Å²) in [5.41, 5.74) is 0.307. The number of carbonyl (C=O) groups is 2. The molecular formula is C34H40NO6+.